The molecule has 6 aromatic heterocycles. The second-order valence-corrected chi connectivity index (χ2v) is 11.0. The number of rotatable bonds is 7. The monoisotopic (exact) mass is 521 g/mol. The average Bonchev–Trinajstić information content (AvgIpc) is 3.74. The van der Waals surface area contributed by atoms with Crippen LogP contribution in [0.3, 0.4) is 0 Å². The summed E-state index contributed by atoms with van der Waals surface area (Å²) < 4.78 is 6.02. The summed E-state index contributed by atoms with van der Waals surface area (Å²) in [7, 11) is 0. The molecule has 190 valence electrons. The highest BCUT2D eigenvalue weighted by Gasteiger charge is 2.16. The molecule has 38 heavy (non-hydrogen) atoms. The van der Waals surface area contributed by atoms with Crippen molar-refractivity contribution in [1.29, 1.82) is 0 Å². The molecule has 0 spiro atoms. The molecule has 0 bridgehead atoms. The number of aryl methyl sites for hydroxylation is 1. The van der Waals surface area contributed by atoms with Crippen molar-refractivity contribution in [2.75, 3.05) is 26.2 Å². The van der Waals surface area contributed by atoms with Gasteiger partial charge in [-0.25, -0.2) is 4.98 Å². The zero-order chi connectivity index (χ0) is 25.5. The summed E-state index contributed by atoms with van der Waals surface area (Å²) in [5.41, 5.74) is 6.36. The van der Waals surface area contributed by atoms with Gasteiger partial charge in [-0.1, -0.05) is 0 Å². The Kier molecular flexibility index (Phi) is 5.87. The third-order valence-corrected chi connectivity index (χ3v) is 8.16. The number of nitrogens with one attached hydrogen (secondary N) is 2. The third kappa shape index (κ3) is 4.33. The van der Waals surface area contributed by atoms with Crippen LogP contribution in [0.5, 0.6) is 5.75 Å². The van der Waals surface area contributed by atoms with Crippen LogP contribution in [-0.2, 0) is 0 Å². The first-order chi connectivity index (χ1) is 18.7. The van der Waals surface area contributed by atoms with Gasteiger partial charge in [0.15, 0.2) is 0 Å². The molecule has 7 rings (SSSR count). The Bertz CT molecular complexity index is 1740. The lowest BCUT2D eigenvalue weighted by Crippen LogP contribution is -2.25. The highest BCUT2D eigenvalue weighted by Crippen LogP contribution is 2.36. The Morgan fingerprint density at radius 2 is 1.92 bits per heavy atom. The van der Waals surface area contributed by atoms with Gasteiger partial charge in [0.2, 0.25) is 0 Å². The molecule has 0 amide bonds. The number of hydrogen-bond donors (Lipinski definition) is 2. The van der Waals surface area contributed by atoms with Crippen molar-refractivity contribution >= 4 is 33.3 Å². The summed E-state index contributed by atoms with van der Waals surface area (Å²) in [6.45, 7) is 6.06. The number of pyridine rings is 3. The van der Waals surface area contributed by atoms with Crippen LogP contribution in [0.25, 0.3) is 55.0 Å². The average molecular weight is 522 g/mol. The van der Waals surface area contributed by atoms with Gasteiger partial charge in [0, 0.05) is 50.6 Å². The maximum atomic E-state index is 6.02. The number of likely N-dealkylation sites (tertiary alicyclic amines) is 1. The van der Waals surface area contributed by atoms with Crippen LogP contribution in [0.1, 0.15) is 17.7 Å². The second-order valence-electron chi connectivity index (χ2n) is 9.71. The van der Waals surface area contributed by atoms with E-state index in [1.807, 2.05) is 24.7 Å². The first-order valence-electron chi connectivity index (χ1n) is 12.9. The molecule has 7 heterocycles. The van der Waals surface area contributed by atoms with Gasteiger partial charge in [-0.3, -0.25) is 20.0 Å². The second kappa shape index (κ2) is 9.66. The van der Waals surface area contributed by atoms with Gasteiger partial charge in [0.25, 0.3) is 0 Å². The molecule has 0 atom stereocenters. The maximum Gasteiger partial charge on any atom is 0.138 e. The fourth-order valence-electron chi connectivity index (χ4n) is 5.17. The smallest absolute Gasteiger partial charge is 0.138 e. The van der Waals surface area contributed by atoms with E-state index >= 15 is 0 Å². The van der Waals surface area contributed by atoms with Crippen molar-refractivity contribution < 1.29 is 4.74 Å². The van der Waals surface area contributed by atoms with E-state index in [1.54, 1.807) is 17.5 Å². The zero-order valence-electron chi connectivity index (χ0n) is 21.1. The normalized spacial score (nSPS) is 14.1. The van der Waals surface area contributed by atoms with E-state index in [2.05, 4.69) is 72.3 Å². The quantitative estimate of drug-likeness (QED) is 0.265. The lowest BCUT2D eigenvalue weighted by atomic mass is 10.1. The predicted octanol–water partition coefficient (Wildman–Crippen LogP) is 6.07. The molecule has 0 aliphatic carbocycles. The van der Waals surface area contributed by atoms with Crippen LogP contribution in [0.4, 0.5) is 0 Å². The van der Waals surface area contributed by atoms with E-state index in [9.17, 15) is 0 Å². The van der Waals surface area contributed by atoms with Gasteiger partial charge in [0.05, 0.1) is 29.3 Å². The van der Waals surface area contributed by atoms with Crippen molar-refractivity contribution in [2.45, 2.75) is 19.8 Å². The Labute approximate surface area is 223 Å². The van der Waals surface area contributed by atoms with Crippen molar-refractivity contribution in [3.8, 4) is 38.8 Å². The molecule has 8 nitrogen and oxygen atoms in total. The van der Waals surface area contributed by atoms with Crippen molar-refractivity contribution in [1.82, 2.24) is 35.0 Å². The van der Waals surface area contributed by atoms with E-state index in [0.717, 1.165) is 56.9 Å². The largest absolute Gasteiger partial charge is 0.491 e. The summed E-state index contributed by atoms with van der Waals surface area (Å²) in [4.78, 5) is 22.1. The highest BCUT2D eigenvalue weighted by molar-refractivity contribution is 7.15. The predicted molar refractivity (Wildman–Crippen MR) is 151 cm³/mol. The van der Waals surface area contributed by atoms with E-state index in [1.165, 1.54) is 41.2 Å². The minimum Gasteiger partial charge on any atom is -0.491 e. The fraction of sp³-hybridized carbons (Fsp3) is 0.241. The molecule has 1 saturated heterocycles. The molecule has 9 heteroatoms. The fourth-order valence-corrected chi connectivity index (χ4v) is 6.07. The number of aromatic nitrogens is 6. The summed E-state index contributed by atoms with van der Waals surface area (Å²) in [5, 5.41) is 9.82. The van der Waals surface area contributed by atoms with Gasteiger partial charge >= 0.3 is 0 Å². The van der Waals surface area contributed by atoms with Crippen molar-refractivity contribution in [2.24, 2.45) is 0 Å². The third-order valence-electron chi connectivity index (χ3n) is 7.12. The molecule has 6 aromatic rings. The van der Waals surface area contributed by atoms with E-state index in [4.69, 9.17) is 4.74 Å². The van der Waals surface area contributed by atoms with Gasteiger partial charge in [-0.2, -0.15) is 5.10 Å². The highest BCUT2D eigenvalue weighted by atomic mass is 32.1. The van der Waals surface area contributed by atoms with E-state index in [-0.39, 0.29) is 0 Å². The summed E-state index contributed by atoms with van der Waals surface area (Å²) >= 11 is 1.79. The van der Waals surface area contributed by atoms with Crippen LogP contribution < -0.4 is 4.74 Å². The summed E-state index contributed by atoms with van der Waals surface area (Å²) in [6, 6.07) is 12.6. The Hall–Kier alpha value is -4.08. The Morgan fingerprint density at radius 1 is 1.00 bits per heavy atom. The van der Waals surface area contributed by atoms with Crippen LogP contribution in [0.2, 0.25) is 0 Å². The van der Waals surface area contributed by atoms with Gasteiger partial charge in [0.1, 0.15) is 23.7 Å². The van der Waals surface area contributed by atoms with Crippen LogP contribution in [-0.4, -0.2) is 61.3 Å². The molecular formula is C29H27N7OS. The number of hydrogen-bond acceptors (Lipinski definition) is 7. The molecule has 0 aromatic carbocycles. The number of H-pyrrole nitrogens is 2. The molecule has 2 N–H and O–H groups in total. The topological polar surface area (TPSA) is 95.6 Å². The first kappa shape index (κ1) is 23.1. The van der Waals surface area contributed by atoms with Crippen LogP contribution in [0, 0.1) is 6.92 Å². The van der Waals surface area contributed by atoms with Crippen molar-refractivity contribution in [3.63, 3.8) is 0 Å². The maximum absolute atomic E-state index is 6.02. The van der Waals surface area contributed by atoms with Crippen molar-refractivity contribution in [3.05, 3.63) is 66.1 Å². The number of ether oxygens (including phenoxy) is 1. The molecule has 0 radical (unpaired) electrons. The number of fused-ring (bicyclic) bond motifs is 2. The van der Waals surface area contributed by atoms with Crippen LogP contribution >= 0.6 is 11.3 Å². The molecule has 1 fully saturated rings. The molecule has 0 saturated carbocycles. The lowest BCUT2D eigenvalue weighted by Gasteiger charge is -2.15. The van der Waals surface area contributed by atoms with Crippen LogP contribution in [0.15, 0.2) is 61.2 Å². The number of thiophene rings is 1. The molecule has 0 unspecified atom stereocenters. The minimum atomic E-state index is 0.658. The first-order valence-corrected chi connectivity index (χ1v) is 13.7. The van der Waals surface area contributed by atoms with E-state index < -0.39 is 0 Å². The molecular weight excluding hydrogens is 494 g/mol. The lowest BCUT2D eigenvalue weighted by molar-refractivity contribution is 0.237. The summed E-state index contributed by atoms with van der Waals surface area (Å²) in [5.74, 6) is 0.758. The zero-order valence-corrected chi connectivity index (χ0v) is 21.9. The number of nitrogens with zero attached hydrogens (tertiary/aromatic N) is 5. The standard InChI is InChI=1S/C29H27N7OS/c1-18-4-5-27(38-18)21-6-7-31-29-22(21)13-25(33-29)28-23-14-24(32-17-26(23)34-35-28)19-12-20(16-30-15-19)37-11-10-36-8-2-3-9-36/h4-7,12-17H,2-3,8-11H2,1H3,(H,31,33)(H,34,35). The SMILES string of the molecule is Cc1ccc(-c2ccnc3[nH]c(-c4n[nH]c5cnc(-c6cncc(OCCN7CCCC7)c6)cc45)cc23)s1. The minimum absolute atomic E-state index is 0.658. The van der Waals surface area contributed by atoms with E-state index in [0.29, 0.717) is 6.61 Å². The van der Waals surface area contributed by atoms with Gasteiger partial charge in [-0.15, -0.1) is 11.3 Å². The van der Waals surface area contributed by atoms with Gasteiger partial charge < -0.3 is 9.72 Å². The van der Waals surface area contributed by atoms with Gasteiger partial charge in [-0.05, 0) is 69.3 Å². The molecule has 1 aliphatic rings. The number of aromatic amines is 2. The molecule has 1 aliphatic heterocycles. The Morgan fingerprint density at radius 3 is 2.79 bits per heavy atom. The Balaban J connectivity index is 1.20. The summed E-state index contributed by atoms with van der Waals surface area (Å²) in [6.07, 6.45) is 9.83.